The van der Waals surface area contributed by atoms with Crippen molar-refractivity contribution in [2.75, 3.05) is 18.5 Å². The Morgan fingerprint density at radius 2 is 2.00 bits per heavy atom. The average molecular weight is 494 g/mol. The van der Waals surface area contributed by atoms with Gasteiger partial charge in [-0.25, -0.2) is 19.9 Å². The van der Waals surface area contributed by atoms with E-state index in [-0.39, 0.29) is 18.3 Å². The SMILES string of the molecule is O=C(Nc1ncnc2c1ncn2[C@@H]1O[C@H](CO)[C@@H](O)[C@H]1OCCCCn1ccnc1)c1ccccc1. The van der Waals surface area contributed by atoms with E-state index in [0.29, 0.717) is 23.3 Å². The van der Waals surface area contributed by atoms with E-state index in [0.717, 1.165) is 19.4 Å². The summed E-state index contributed by atoms with van der Waals surface area (Å²) in [6.07, 6.45) is 6.49. The van der Waals surface area contributed by atoms with Crippen molar-refractivity contribution in [3.63, 3.8) is 0 Å². The number of ether oxygens (including phenoxy) is 2. The molecule has 12 heteroatoms. The van der Waals surface area contributed by atoms with Crippen molar-refractivity contribution < 1.29 is 24.5 Å². The first kappa shape index (κ1) is 24.0. The standard InChI is InChI=1S/C24H27N7O5/c32-12-17-19(33)20(35-11-5-4-9-30-10-8-25-14-30)24(36-17)31-15-28-18-21(26-13-27-22(18)31)29-23(34)16-6-2-1-3-7-16/h1-3,6-8,10,13-15,17,19-20,24,32-33H,4-5,9,11-12H2,(H,26,27,29,34)/t17-,19-,20-,24-/m1/s1. The highest BCUT2D eigenvalue weighted by Crippen LogP contribution is 2.34. The molecule has 12 nitrogen and oxygen atoms in total. The quantitative estimate of drug-likeness (QED) is 0.279. The summed E-state index contributed by atoms with van der Waals surface area (Å²) in [5.41, 5.74) is 1.25. The Kier molecular flexibility index (Phi) is 7.28. The van der Waals surface area contributed by atoms with Crippen molar-refractivity contribution in [3.05, 3.63) is 67.3 Å². The predicted octanol–water partition coefficient (Wildman–Crippen LogP) is 1.39. The molecule has 3 aromatic heterocycles. The van der Waals surface area contributed by atoms with Crippen LogP contribution < -0.4 is 5.32 Å². The molecule has 5 rings (SSSR count). The Morgan fingerprint density at radius 1 is 1.14 bits per heavy atom. The van der Waals surface area contributed by atoms with Gasteiger partial charge in [0.25, 0.3) is 5.91 Å². The minimum absolute atomic E-state index is 0.252. The van der Waals surface area contributed by atoms with Gasteiger partial charge in [-0.2, -0.15) is 0 Å². The molecular formula is C24H27N7O5. The van der Waals surface area contributed by atoms with E-state index >= 15 is 0 Å². The lowest BCUT2D eigenvalue weighted by molar-refractivity contribution is -0.0711. The van der Waals surface area contributed by atoms with Crippen LogP contribution in [0.25, 0.3) is 11.2 Å². The summed E-state index contributed by atoms with van der Waals surface area (Å²) in [5, 5.41) is 23.2. The highest BCUT2D eigenvalue weighted by Gasteiger charge is 2.45. The first-order valence-corrected chi connectivity index (χ1v) is 11.7. The van der Waals surface area contributed by atoms with E-state index in [4.69, 9.17) is 9.47 Å². The highest BCUT2D eigenvalue weighted by molar-refractivity contribution is 6.06. The Labute approximate surface area is 206 Å². The molecule has 36 heavy (non-hydrogen) atoms. The molecule has 1 aromatic carbocycles. The van der Waals surface area contributed by atoms with Crippen molar-refractivity contribution in [1.29, 1.82) is 0 Å². The molecule has 0 unspecified atom stereocenters. The topological polar surface area (TPSA) is 149 Å². The van der Waals surface area contributed by atoms with Gasteiger partial charge in [-0.05, 0) is 25.0 Å². The van der Waals surface area contributed by atoms with Gasteiger partial charge in [0.15, 0.2) is 23.2 Å². The van der Waals surface area contributed by atoms with Crippen molar-refractivity contribution in [3.8, 4) is 0 Å². The van der Waals surface area contributed by atoms with Crippen LogP contribution in [0.2, 0.25) is 0 Å². The number of carbonyl (C=O) groups excluding carboxylic acids is 1. The van der Waals surface area contributed by atoms with Gasteiger partial charge in [0.1, 0.15) is 24.6 Å². The summed E-state index contributed by atoms with van der Waals surface area (Å²) in [6, 6.07) is 8.78. The van der Waals surface area contributed by atoms with Crippen molar-refractivity contribution in [2.45, 2.75) is 43.9 Å². The predicted molar refractivity (Wildman–Crippen MR) is 128 cm³/mol. The fourth-order valence-corrected chi connectivity index (χ4v) is 4.21. The maximum atomic E-state index is 12.6. The van der Waals surface area contributed by atoms with E-state index in [9.17, 15) is 15.0 Å². The lowest BCUT2D eigenvalue weighted by atomic mass is 10.1. The van der Waals surface area contributed by atoms with E-state index in [1.807, 2.05) is 16.8 Å². The van der Waals surface area contributed by atoms with Crippen molar-refractivity contribution in [2.24, 2.45) is 0 Å². The largest absolute Gasteiger partial charge is 0.394 e. The van der Waals surface area contributed by atoms with Crippen LogP contribution >= 0.6 is 0 Å². The number of fused-ring (bicyclic) bond motifs is 1. The van der Waals surface area contributed by atoms with Crippen LogP contribution in [-0.2, 0) is 16.0 Å². The number of aliphatic hydroxyl groups excluding tert-OH is 2. The van der Waals surface area contributed by atoms with Crippen LogP contribution in [-0.4, -0.2) is 76.7 Å². The number of carbonyl (C=O) groups is 1. The number of nitrogens with one attached hydrogen (secondary N) is 1. The van der Waals surface area contributed by atoms with Crippen LogP contribution in [0.4, 0.5) is 5.82 Å². The van der Waals surface area contributed by atoms with Gasteiger partial charge in [0, 0.05) is 31.1 Å². The zero-order chi connectivity index (χ0) is 24.9. The van der Waals surface area contributed by atoms with Gasteiger partial charge in [-0.15, -0.1) is 0 Å². The second-order valence-corrected chi connectivity index (χ2v) is 8.45. The molecule has 4 atom stereocenters. The van der Waals surface area contributed by atoms with Gasteiger partial charge in [-0.1, -0.05) is 18.2 Å². The van der Waals surface area contributed by atoms with Crippen LogP contribution in [0.5, 0.6) is 0 Å². The number of nitrogens with zero attached hydrogens (tertiary/aromatic N) is 6. The monoisotopic (exact) mass is 493 g/mol. The Balaban J connectivity index is 1.31. The van der Waals surface area contributed by atoms with Gasteiger partial charge < -0.3 is 29.6 Å². The molecule has 0 saturated carbocycles. The number of amides is 1. The second kappa shape index (κ2) is 10.9. The number of aliphatic hydroxyl groups is 2. The molecule has 1 fully saturated rings. The number of aryl methyl sites for hydroxylation is 1. The summed E-state index contributed by atoms with van der Waals surface area (Å²) < 4.78 is 15.6. The van der Waals surface area contributed by atoms with Crippen molar-refractivity contribution in [1.82, 2.24) is 29.1 Å². The highest BCUT2D eigenvalue weighted by atomic mass is 16.6. The Morgan fingerprint density at radius 3 is 2.78 bits per heavy atom. The zero-order valence-electron chi connectivity index (χ0n) is 19.4. The van der Waals surface area contributed by atoms with E-state index in [2.05, 4.69) is 25.3 Å². The summed E-state index contributed by atoms with van der Waals surface area (Å²) >= 11 is 0. The summed E-state index contributed by atoms with van der Waals surface area (Å²) in [4.78, 5) is 29.6. The molecule has 188 valence electrons. The van der Waals surface area contributed by atoms with Gasteiger partial charge >= 0.3 is 0 Å². The Hall–Kier alpha value is -3.71. The van der Waals surface area contributed by atoms with Gasteiger partial charge in [0.05, 0.1) is 19.3 Å². The summed E-state index contributed by atoms with van der Waals surface area (Å²) in [5.74, 6) is -0.0724. The molecule has 1 aliphatic rings. The van der Waals surface area contributed by atoms with Gasteiger partial charge in [-0.3, -0.25) is 9.36 Å². The second-order valence-electron chi connectivity index (χ2n) is 8.45. The smallest absolute Gasteiger partial charge is 0.256 e. The van der Waals surface area contributed by atoms with Gasteiger partial charge in [0.2, 0.25) is 0 Å². The molecule has 4 aromatic rings. The summed E-state index contributed by atoms with van der Waals surface area (Å²) in [6.45, 7) is 0.850. The molecule has 3 N–H and O–H groups in total. The number of anilines is 1. The molecule has 0 radical (unpaired) electrons. The summed E-state index contributed by atoms with van der Waals surface area (Å²) in [7, 11) is 0. The minimum Gasteiger partial charge on any atom is -0.394 e. The first-order chi connectivity index (χ1) is 17.7. The molecule has 4 heterocycles. The van der Waals surface area contributed by atoms with Crippen LogP contribution in [0.3, 0.4) is 0 Å². The maximum Gasteiger partial charge on any atom is 0.256 e. The number of aromatic nitrogens is 6. The fourth-order valence-electron chi connectivity index (χ4n) is 4.21. The number of hydrogen-bond donors (Lipinski definition) is 3. The molecule has 0 aliphatic carbocycles. The van der Waals surface area contributed by atoms with E-state index in [1.54, 1.807) is 41.4 Å². The molecule has 0 spiro atoms. The van der Waals surface area contributed by atoms with Crippen LogP contribution in [0, 0.1) is 0 Å². The third kappa shape index (κ3) is 4.97. The number of benzene rings is 1. The normalized spacial score (nSPS) is 21.7. The van der Waals surface area contributed by atoms with E-state index < -0.39 is 24.5 Å². The molecule has 0 bridgehead atoms. The number of hydrogen-bond acceptors (Lipinski definition) is 9. The van der Waals surface area contributed by atoms with Crippen molar-refractivity contribution >= 4 is 22.9 Å². The molecule has 1 aliphatic heterocycles. The number of rotatable bonds is 10. The Bertz CT molecular complexity index is 1280. The molecular weight excluding hydrogens is 466 g/mol. The first-order valence-electron chi connectivity index (χ1n) is 11.7. The van der Waals surface area contributed by atoms with Crippen LogP contribution in [0.1, 0.15) is 29.4 Å². The minimum atomic E-state index is -1.04. The third-order valence-corrected chi connectivity index (χ3v) is 6.07. The fraction of sp³-hybridized carbons (Fsp3) is 0.375. The van der Waals surface area contributed by atoms with Crippen LogP contribution in [0.15, 0.2) is 61.7 Å². The average Bonchev–Trinajstić information content (AvgIpc) is 3.64. The zero-order valence-corrected chi connectivity index (χ0v) is 19.4. The molecule has 1 amide bonds. The van der Waals surface area contributed by atoms with E-state index in [1.165, 1.54) is 12.7 Å². The lowest BCUT2D eigenvalue weighted by Crippen LogP contribution is -2.35. The number of unbranched alkanes of at least 4 members (excludes halogenated alkanes) is 1. The number of imidazole rings is 2. The maximum absolute atomic E-state index is 12.6. The third-order valence-electron chi connectivity index (χ3n) is 6.07. The molecule has 1 saturated heterocycles. The lowest BCUT2D eigenvalue weighted by Gasteiger charge is -2.22.